The molecule has 1 aliphatic rings. The lowest BCUT2D eigenvalue weighted by atomic mass is 10.1. The van der Waals surface area contributed by atoms with Crippen LogP contribution in [0, 0.1) is 0 Å². The van der Waals surface area contributed by atoms with Gasteiger partial charge < -0.3 is 20.5 Å². The topological polar surface area (TPSA) is 181 Å². The summed E-state index contributed by atoms with van der Waals surface area (Å²) in [6, 6.07) is 1.93. The van der Waals surface area contributed by atoms with Crippen molar-refractivity contribution in [3.63, 3.8) is 0 Å². The Bertz CT molecular complexity index is 788. The Morgan fingerprint density at radius 1 is 1.54 bits per heavy atom. The number of hydrogen-bond acceptors (Lipinski definition) is 7. The summed E-state index contributed by atoms with van der Waals surface area (Å²) in [6.45, 7) is 1.50. The number of carbonyl (C=O) groups is 1. The fourth-order valence-electron chi connectivity index (χ4n) is 2.64. The van der Waals surface area contributed by atoms with E-state index in [1.54, 1.807) is 0 Å². The molecular weight excluding hydrogens is 393 g/mol. The molecule has 5 atom stereocenters. The predicted molar refractivity (Wildman–Crippen MR) is 94.6 cm³/mol. The summed E-state index contributed by atoms with van der Waals surface area (Å²) in [4.78, 5) is 23.7. The van der Waals surface area contributed by atoms with Gasteiger partial charge in [-0.05, 0) is 18.0 Å². The highest BCUT2D eigenvalue weighted by atomic mass is 31.2. The number of unbranched alkanes of at least 4 members (excludes halogenated alkanes) is 1. The zero-order valence-electron chi connectivity index (χ0n) is 15.2. The van der Waals surface area contributed by atoms with Crippen molar-refractivity contribution in [3.8, 4) is 0 Å². The zero-order chi connectivity index (χ0) is 20.7. The monoisotopic (exact) mass is 416 g/mol. The fraction of sp³-hybridized carbons (Fsp3) is 0.600. The highest BCUT2D eigenvalue weighted by Crippen LogP contribution is 2.44. The van der Waals surface area contributed by atoms with Gasteiger partial charge in [-0.1, -0.05) is 18.5 Å². The van der Waals surface area contributed by atoms with E-state index in [0.717, 1.165) is 6.42 Å². The van der Waals surface area contributed by atoms with E-state index in [0.29, 0.717) is 6.42 Å². The molecule has 28 heavy (non-hydrogen) atoms. The number of rotatable bonds is 10. The molecule has 4 N–H and O–H groups in total. The van der Waals surface area contributed by atoms with E-state index in [1.807, 2.05) is 6.92 Å². The molecule has 1 unspecified atom stereocenters. The highest BCUT2D eigenvalue weighted by molar-refractivity contribution is 7.47. The summed E-state index contributed by atoms with van der Waals surface area (Å²) >= 11 is 0. The van der Waals surface area contributed by atoms with Gasteiger partial charge in [-0.3, -0.25) is 13.8 Å². The molecule has 1 saturated heterocycles. The number of primary amides is 1. The Hall–Kier alpha value is -2.04. The molecule has 2 heterocycles. The van der Waals surface area contributed by atoms with Gasteiger partial charge in [-0.25, -0.2) is 4.57 Å². The minimum absolute atomic E-state index is 0.0522. The van der Waals surface area contributed by atoms with Crippen LogP contribution in [0.3, 0.4) is 0 Å². The molecule has 0 aromatic carbocycles. The largest absolute Gasteiger partial charge is 0.472 e. The number of nitrogens with zero attached hydrogens (tertiary/aromatic N) is 4. The lowest BCUT2D eigenvalue weighted by molar-refractivity contribution is -0.765. The first-order chi connectivity index (χ1) is 13.3. The first kappa shape index (κ1) is 22.3. The van der Waals surface area contributed by atoms with Crippen LogP contribution >= 0.6 is 7.82 Å². The number of ether oxygens (including phenoxy) is 1. The van der Waals surface area contributed by atoms with E-state index in [4.69, 9.17) is 25.0 Å². The third-order valence-electron chi connectivity index (χ3n) is 4.08. The molecule has 13 heteroatoms. The Labute approximate surface area is 161 Å². The van der Waals surface area contributed by atoms with Crippen molar-refractivity contribution >= 4 is 13.7 Å². The Morgan fingerprint density at radius 2 is 2.29 bits per heavy atom. The van der Waals surface area contributed by atoms with Crippen LogP contribution in [0.2, 0.25) is 0 Å². The lowest BCUT2D eigenvalue weighted by Crippen LogP contribution is -2.46. The molecule has 0 radical (unpaired) electrons. The third kappa shape index (κ3) is 5.73. The second-order valence-electron chi connectivity index (χ2n) is 6.11. The second kappa shape index (κ2) is 9.94. The number of aromatic nitrogens is 1. The van der Waals surface area contributed by atoms with Crippen molar-refractivity contribution in [2.75, 3.05) is 13.2 Å². The van der Waals surface area contributed by atoms with Gasteiger partial charge in [0.15, 0.2) is 18.5 Å². The lowest BCUT2D eigenvalue weighted by Gasteiger charge is -2.17. The predicted octanol–water partition coefficient (Wildman–Crippen LogP) is 0.944. The van der Waals surface area contributed by atoms with Crippen LogP contribution in [0.4, 0.5) is 0 Å². The van der Waals surface area contributed by atoms with Crippen molar-refractivity contribution in [2.45, 2.75) is 44.2 Å². The van der Waals surface area contributed by atoms with Crippen LogP contribution in [0.15, 0.2) is 29.6 Å². The van der Waals surface area contributed by atoms with Crippen LogP contribution < -0.4 is 10.3 Å². The molecule has 1 aliphatic heterocycles. The SMILES string of the molecule is CCCCOP(=O)(O)OC[C@H]1O[C@@H]([n+]2cccc(C(N)=O)c2)[C@H](O)[C@@H]1N=[N+]=[N-]. The molecule has 1 fully saturated rings. The van der Waals surface area contributed by atoms with Gasteiger partial charge in [-0.2, -0.15) is 4.57 Å². The van der Waals surface area contributed by atoms with E-state index in [-0.39, 0.29) is 12.2 Å². The van der Waals surface area contributed by atoms with E-state index in [2.05, 4.69) is 10.0 Å². The molecule has 12 nitrogen and oxygen atoms in total. The highest BCUT2D eigenvalue weighted by Gasteiger charge is 2.49. The number of phosphoric acid groups is 1. The maximum Gasteiger partial charge on any atom is 0.472 e. The molecule has 0 spiro atoms. The normalized spacial score (nSPS) is 26.4. The fourth-order valence-corrected chi connectivity index (χ4v) is 3.41. The summed E-state index contributed by atoms with van der Waals surface area (Å²) in [5.41, 5.74) is 14.2. The van der Waals surface area contributed by atoms with Gasteiger partial charge in [-0.15, -0.1) is 0 Å². The number of aliphatic hydroxyl groups is 1. The summed E-state index contributed by atoms with van der Waals surface area (Å²) in [5.74, 6) is -0.668. The Balaban J connectivity index is 2.12. The molecule has 1 aromatic rings. The Kier molecular flexibility index (Phi) is 7.90. The average molecular weight is 416 g/mol. The Morgan fingerprint density at radius 3 is 2.93 bits per heavy atom. The zero-order valence-corrected chi connectivity index (χ0v) is 16.1. The van der Waals surface area contributed by atoms with Crippen LogP contribution in [-0.4, -0.2) is 47.4 Å². The number of phosphoric ester groups is 1. The molecule has 0 saturated carbocycles. The summed E-state index contributed by atoms with van der Waals surface area (Å²) in [6.07, 6.45) is 0.928. The van der Waals surface area contributed by atoms with Gasteiger partial charge in [0.25, 0.3) is 12.1 Å². The molecule has 0 aliphatic carbocycles. The van der Waals surface area contributed by atoms with E-state index < -0.39 is 44.8 Å². The van der Waals surface area contributed by atoms with Crippen molar-refractivity contribution in [3.05, 3.63) is 40.5 Å². The van der Waals surface area contributed by atoms with Crippen molar-refractivity contribution in [2.24, 2.45) is 10.8 Å². The minimum Gasteiger partial charge on any atom is -0.383 e. The van der Waals surface area contributed by atoms with Crippen molar-refractivity contribution in [1.82, 2.24) is 0 Å². The smallest absolute Gasteiger partial charge is 0.383 e. The van der Waals surface area contributed by atoms with Gasteiger partial charge in [0.05, 0.1) is 19.3 Å². The van der Waals surface area contributed by atoms with E-state index in [1.165, 1.54) is 29.1 Å². The first-order valence-corrected chi connectivity index (χ1v) is 10.1. The number of carbonyl (C=O) groups excluding carboxylic acids is 1. The molecule has 154 valence electrons. The number of pyridine rings is 1. The van der Waals surface area contributed by atoms with Crippen LogP contribution in [0.25, 0.3) is 10.4 Å². The number of hydrogen-bond donors (Lipinski definition) is 3. The van der Waals surface area contributed by atoms with Gasteiger partial charge in [0.1, 0.15) is 11.6 Å². The summed E-state index contributed by atoms with van der Waals surface area (Å²) < 4.78 is 28.7. The maximum absolute atomic E-state index is 11.9. The number of aliphatic hydroxyl groups excluding tert-OH is 1. The average Bonchev–Trinajstić information content (AvgIpc) is 2.97. The van der Waals surface area contributed by atoms with E-state index in [9.17, 15) is 19.4 Å². The summed E-state index contributed by atoms with van der Waals surface area (Å²) in [7, 11) is -4.32. The first-order valence-electron chi connectivity index (χ1n) is 8.59. The van der Waals surface area contributed by atoms with Crippen LogP contribution in [0.5, 0.6) is 0 Å². The number of nitrogens with two attached hydrogens (primary N) is 1. The summed E-state index contributed by atoms with van der Waals surface area (Å²) in [5, 5.41) is 14.0. The standard InChI is InChI=1S/C15H22N5O7P/c1-2-3-7-25-28(23,24)26-9-11-12(18-19-17)13(21)15(27-11)20-6-4-5-10(8-20)14(16)22/h4-6,8,11-13,15,21H,2-3,7,9H2,1H3,(H2-,16,22,23,24)/p+1/t11-,12-,13-,15-/m1/s1. The molecule has 1 aromatic heterocycles. The molecule has 0 bridgehead atoms. The van der Waals surface area contributed by atoms with Gasteiger partial charge >= 0.3 is 7.82 Å². The van der Waals surface area contributed by atoms with Crippen molar-refractivity contribution < 1.29 is 37.7 Å². The van der Waals surface area contributed by atoms with Gasteiger partial charge in [0.2, 0.25) is 0 Å². The van der Waals surface area contributed by atoms with Crippen LogP contribution in [0.1, 0.15) is 36.4 Å². The molecule has 1 amide bonds. The van der Waals surface area contributed by atoms with Gasteiger partial charge in [0, 0.05) is 11.0 Å². The molecular formula is C15H23N5O7P+. The third-order valence-corrected chi connectivity index (χ3v) is 5.06. The van der Waals surface area contributed by atoms with Crippen molar-refractivity contribution in [1.29, 1.82) is 0 Å². The minimum atomic E-state index is -4.32. The quantitative estimate of drug-likeness (QED) is 0.127. The second-order valence-corrected chi connectivity index (χ2v) is 7.56. The van der Waals surface area contributed by atoms with E-state index >= 15 is 0 Å². The number of amides is 1. The number of azide groups is 1. The maximum atomic E-state index is 11.9. The molecule has 2 rings (SSSR count). The van der Waals surface area contributed by atoms with Crippen LogP contribution in [-0.2, 0) is 18.3 Å².